The van der Waals surface area contributed by atoms with Crippen LogP contribution in [0.4, 0.5) is 0 Å². The van der Waals surface area contributed by atoms with E-state index in [4.69, 9.17) is 4.74 Å². The summed E-state index contributed by atoms with van der Waals surface area (Å²) in [5.74, 6) is -0.344. The summed E-state index contributed by atoms with van der Waals surface area (Å²) < 4.78 is 5.00. The zero-order valence-electron chi connectivity index (χ0n) is 10.5. The molecule has 0 aromatic rings. The van der Waals surface area contributed by atoms with E-state index in [2.05, 4.69) is 0 Å². The van der Waals surface area contributed by atoms with Gasteiger partial charge in [0.2, 0.25) is 0 Å². The second-order valence-corrected chi connectivity index (χ2v) is 4.69. The molecule has 0 radical (unpaired) electrons. The average Bonchev–Trinajstić information content (AvgIpc) is 2.57. The molecule has 0 aromatic heterocycles. The predicted octanol–water partition coefficient (Wildman–Crippen LogP) is 2.66. The van der Waals surface area contributed by atoms with E-state index in [0.29, 0.717) is 13.0 Å². The summed E-state index contributed by atoms with van der Waals surface area (Å²) in [6.07, 6.45) is 7.03. The van der Waals surface area contributed by atoms with Crippen LogP contribution in [0.15, 0.2) is 0 Å². The van der Waals surface area contributed by atoms with E-state index in [1.54, 1.807) is 6.92 Å². The third-order valence-electron chi connectivity index (χ3n) is 3.70. The molecular weight excluding hydrogens is 204 g/mol. The number of aliphatic hydroxyl groups is 1. The zero-order chi connectivity index (χ0) is 12.0. The molecule has 16 heavy (non-hydrogen) atoms. The molecule has 0 heterocycles. The SMILES string of the molecule is CCOC(=O)C(O)(CC)C1CCCCCC1. The molecule has 1 N–H and O–H groups in total. The van der Waals surface area contributed by atoms with Gasteiger partial charge in [-0.15, -0.1) is 0 Å². The van der Waals surface area contributed by atoms with Crippen LogP contribution >= 0.6 is 0 Å². The quantitative estimate of drug-likeness (QED) is 0.594. The minimum absolute atomic E-state index is 0.0825. The van der Waals surface area contributed by atoms with Crippen LogP contribution in [0.5, 0.6) is 0 Å². The van der Waals surface area contributed by atoms with Gasteiger partial charge < -0.3 is 9.84 Å². The van der Waals surface area contributed by atoms with Gasteiger partial charge in [0, 0.05) is 0 Å². The highest BCUT2D eigenvalue weighted by Gasteiger charge is 2.43. The van der Waals surface area contributed by atoms with Crippen LogP contribution in [0.3, 0.4) is 0 Å². The minimum atomic E-state index is -1.25. The normalized spacial score (nSPS) is 22.2. The van der Waals surface area contributed by atoms with Crippen molar-refractivity contribution in [2.45, 2.75) is 64.4 Å². The molecule has 0 saturated heterocycles. The Morgan fingerprint density at radius 3 is 2.25 bits per heavy atom. The lowest BCUT2D eigenvalue weighted by molar-refractivity contribution is -0.172. The van der Waals surface area contributed by atoms with Crippen molar-refractivity contribution in [3.05, 3.63) is 0 Å². The molecule has 1 fully saturated rings. The van der Waals surface area contributed by atoms with Crippen LogP contribution in [-0.2, 0) is 9.53 Å². The summed E-state index contributed by atoms with van der Waals surface area (Å²) in [7, 11) is 0. The second-order valence-electron chi connectivity index (χ2n) is 4.69. The van der Waals surface area contributed by atoms with Crippen molar-refractivity contribution >= 4 is 5.97 Å². The predicted molar refractivity (Wildman–Crippen MR) is 63.1 cm³/mol. The number of rotatable bonds is 4. The molecule has 0 amide bonds. The van der Waals surface area contributed by atoms with Crippen molar-refractivity contribution in [1.29, 1.82) is 0 Å². The molecule has 1 saturated carbocycles. The van der Waals surface area contributed by atoms with Crippen molar-refractivity contribution in [3.8, 4) is 0 Å². The van der Waals surface area contributed by atoms with Crippen molar-refractivity contribution in [2.24, 2.45) is 5.92 Å². The van der Waals surface area contributed by atoms with Gasteiger partial charge in [-0.3, -0.25) is 0 Å². The smallest absolute Gasteiger partial charge is 0.338 e. The van der Waals surface area contributed by atoms with Crippen LogP contribution in [-0.4, -0.2) is 23.3 Å². The molecule has 0 bridgehead atoms. The van der Waals surface area contributed by atoms with E-state index in [1.165, 1.54) is 12.8 Å². The maximum Gasteiger partial charge on any atom is 0.338 e. The lowest BCUT2D eigenvalue weighted by atomic mass is 9.80. The van der Waals surface area contributed by atoms with Gasteiger partial charge in [0.25, 0.3) is 0 Å². The fraction of sp³-hybridized carbons (Fsp3) is 0.923. The van der Waals surface area contributed by atoms with E-state index in [1.807, 2.05) is 6.92 Å². The summed E-state index contributed by atoms with van der Waals surface area (Å²) in [6, 6.07) is 0. The van der Waals surface area contributed by atoms with Gasteiger partial charge in [-0.1, -0.05) is 32.6 Å². The zero-order valence-corrected chi connectivity index (χ0v) is 10.5. The summed E-state index contributed by atoms with van der Waals surface area (Å²) >= 11 is 0. The molecule has 1 atom stereocenters. The maximum absolute atomic E-state index is 11.8. The van der Waals surface area contributed by atoms with Gasteiger partial charge >= 0.3 is 5.97 Å². The number of esters is 1. The van der Waals surface area contributed by atoms with Crippen LogP contribution in [0, 0.1) is 5.92 Å². The Bertz CT molecular complexity index is 219. The van der Waals surface area contributed by atoms with Gasteiger partial charge in [0.15, 0.2) is 5.60 Å². The van der Waals surface area contributed by atoms with Gasteiger partial charge in [-0.25, -0.2) is 4.79 Å². The van der Waals surface area contributed by atoms with Crippen LogP contribution in [0.2, 0.25) is 0 Å². The van der Waals surface area contributed by atoms with Gasteiger partial charge in [-0.05, 0) is 32.1 Å². The molecule has 0 spiro atoms. The van der Waals surface area contributed by atoms with Crippen molar-refractivity contribution < 1.29 is 14.6 Å². The molecule has 1 aliphatic carbocycles. The molecular formula is C13H24O3. The van der Waals surface area contributed by atoms with E-state index in [9.17, 15) is 9.90 Å². The van der Waals surface area contributed by atoms with E-state index in [-0.39, 0.29) is 5.92 Å². The van der Waals surface area contributed by atoms with E-state index < -0.39 is 11.6 Å². The molecule has 1 unspecified atom stereocenters. The highest BCUT2D eigenvalue weighted by molar-refractivity contribution is 5.79. The fourth-order valence-electron chi connectivity index (χ4n) is 2.61. The Hall–Kier alpha value is -0.570. The number of hydrogen-bond donors (Lipinski definition) is 1. The largest absolute Gasteiger partial charge is 0.464 e. The topological polar surface area (TPSA) is 46.5 Å². The molecule has 0 aromatic carbocycles. The van der Waals surface area contributed by atoms with Gasteiger partial charge in [0.1, 0.15) is 0 Å². The molecule has 1 rings (SSSR count). The lowest BCUT2D eigenvalue weighted by Gasteiger charge is -2.32. The maximum atomic E-state index is 11.8. The monoisotopic (exact) mass is 228 g/mol. The van der Waals surface area contributed by atoms with Crippen LogP contribution in [0.1, 0.15) is 58.8 Å². The fourth-order valence-corrected chi connectivity index (χ4v) is 2.61. The number of carbonyl (C=O) groups is 1. The summed E-state index contributed by atoms with van der Waals surface area (Å²) in [5.41, 5.74) is -1.25. The summed E-state index contributed by atoms with van der Waals surface area (Å²) in [4.78, 5) is 11.8. The first-order valence-electron chi connectivity index (χ1n) is 6.54. The Kier molecular flexibility index (Phi) is 5.26. The van der Waals surface area contributed by atoms with Crippen LogP contribution in [0.25, 0.3) is 0 Å². The first kappa shape index (κ1) is 13.5. The standard InChI is InChI=1S/C13H24O3/c1-3-13(15,12(14)16-4-2)11-9-7-5-6-8-10-11/h11,15H,3-10H2,1-2H3. The van der Waals surface area contributed by atoms with Crippen molar-refractivity contribution in [2.75, 3.05) is 6.61 Å². The number of ether oxygens (including phenoxy) is 1. The average molecular weight is 228 g/mol. The Morgan fingerprint density at radius 1 is 1.25 bits per heavy atom. The lowest BCUT2D eigenvalue weighted by Crippen LogP contribution is -2.46. The minimum Gasteiger partial charge on any atom is -0.464 e. The van der Waals surface area contributed by atoms with Gasteiger partial charge in [0.05, 0.1) is 6.61 Å². The van der Waals surface area contributed by atoms with Crippen LogP contribution < -0.4 is 0 Å². The first-order valence-corrected chi connectivity index (χ1v) is 6.54. The summed E-state index contributed by atoms with van der Waals surface area (Å²) in [5, 5.41) is 10.5. The third kappa shape index (κ3) is 2.97. The first-order chi connectivity index (χ1) is 7.65. The Balaban J connectivity index is 2.71. The second kappa shape index (κ2) is 6.24. The highest BCUT2D eigenvalue weighted by atomic mass is 16.5. The summed E-state index contributed by atoms with van der Waals surface area (Å²) in [6.45, 7) is 3.98. The van der Waals surface area contributed by atoms with E-state index >= 15 is 0 Å². The molecule has 3 heteroatoms. The van der Waals surface area contributed by atoms with Crippen molar-refractivity contribution in [3.63, 3.8) is 0 Å². The number of carbonyl (C=O) groups excluding carboxylic acids is 1. The van der Waals surface area contributed by atoms with Gasteiger partial charge in [-0.2, -0.15) is 0 Å². The van der Waals surface area contributed by atoms with Crippen molar-refractivity contribution in [1.82, 2.24) is 0 Å². The highest BCUT2D eigenvalue weighted by Crippen LogP contribution is 2.34. The third-order valence-corrected chi connectivity index (χ3v) is 3.70. The Labute approximate surface area is 98.2 Å². The van der Waals surface area contributed by atoms with E-state index in [0.717, 1.165) is 25.7 Å². The molecule has 94 valence electrons. The molecule has 3 nitrogen and oxygen atoms in total. The molecule has 0 aliphatic heterocycles. The Morgan fingerprint density at radius 2 is 1.81 bits per heavy atom. The molecule has 1 aliphatic rings. The number of hydrogen-bond acceptors (Lipinski definition) is 3.